The Kier molecular flexibility index (Phi) is 4.66. The van der Waals surface area contributed by atoms with E-state index in [1.807, 2.05) is 30.3 Å². The van der Waals surface area contributed by atoms with E-state index in [1.54, 1.807) is 0 Å². The minimum absolute atomic E-state index is 0.102. The van der Waals surface area contributed by atoms with Crippen LogP contribution >= 0.6 is 15.9 Å². The van der Waals surface area contributed by atoms with Gasteiger partial charge in [0.05, 0.1) is 11.6 Å². The number of fused-ring (bicyclic) bond motifs is 1. The molecule has 1 aliphatic heterocycles. The van der Waals surface area contributed by atoms with Crippen molar-refractivity contribution in [2.24, 2.45) is 0 Å². The van der Waals surface area contributed by atoms with Crippen molar-refractivity contribution >= 4 is 32.6 Å². The van der Waals surface area contributed by atoms with Gasteiger partial charge < -0.3 is 4.74 Å². The number of aromatic nitrogens is 1. The van der Waals surface area contributed by atoms with Crippen molar-refractivity contribution < 1.29 is 9.53 Å². The molecule has 0 N–H and O–H groups in total. The summed E-state index contributed by atoms with van der Waals surface area (Å²) in [5.41, 5.74) is 1.41. The molecule has 1 unspecified atom stereocenters. The molecule has 0 amide bonds. The third-order valence-corrected chi connectivity index (χ3v) is 4.50. The van der Waals surface area contributed by atoms with Gasteiger partial charge in [0, 0.05) is 22.9 Å². The first-order valence-corrected chi connectivity index (χ1v) is 8.23. The van der Waals surface area contributed by atoms with E-state index in [-0.39, 0.29) is 5.78 Å². The zero-order chi connectivity index (χ0) is 14.7. The number of pyridine rings is 1. The number of hydrogen-bond donors (Lipinski definition) is 0. The van der Waals surface area contributed by atoms with Gasteiger partial charge in [0.25, 0.3) is 0 Å². The highest BCUT2D eigenvalue weighted by Crippen LogP contribution is 2.24. The number of rotatable bonds is 5. The molecule has 2 heterocycles. The van der Waals surface area contributed by atoms with Gasteiger partial charge in [-0.1, -0.05) is 18.2 Å². The van der Waals surface area contributed by atoms with Crippen LogP contribution in [0.15, 0.2) is 34.8 Å². The Balaban J connectivity index is 1.67. The summed E-state index contributed by atoms with van der Waals surface area (Å²) in [6.45, 7) is 0.871. The predicted octanol–water partition coefficient (Wildman–Crippen LogP) is 4.53. The zero-order valence-electron chi connectivity index (χ0n) is 11.8. The van der Waals surface area contributed by atoms with E-state index in [0.717, 1.165) is 47.7 Å². The largest absolute Gasteiger partial charge is 0.378 e. The topological polar surface area (TPSA) is 39.2 Å². The van der Waals surface area contributed by atoms with Gasteiger partial charge in [-0.3, -0.25) is 4.79 Å². The molecule has 0 saturated carbocycles. The van der Waals surface area contributed by atoms with Crippen LogP contribution in [0, 0.1) is 0 Å². The van der Waals surface area contributed by atoms with Crippen LogP contribution in [0.2, 0.25) is 0 Å². The lowest BCUT2D eigenvalue weighted by Crippen LogP contribution is -2.08. The Labute approximate surface area is 132 Å². The second-order valence-corrected chi connectivity index (χ2v) is 6.32. The number of halogens is 1. The summed E-state index contributed by atoms with van der Waals surface area (Å²) >= 11 is 3.47. The Bertz CT molecular complexity index is 650. The lowest BCUT2D eigenvalue weighted by atomic mass is 10.1. The molecule has 0 radical (unpaired) electrons. The SMILES string of the molecule is O=C(CCCC1CCCO1)c1nc2ccccc2cc1Br. The van der Waals surface area contributed by atoms with Gasteiger partial charge in [0.1, 0.15) is 5.69 Å². The van der Waals surface area contributed by atoms with E-state index in [1.165, 1.54) is 0 Å². The minimum Gasteiger partial charge on any atom is -0.378 e. The summed E-state index contributed by atoms with van der Waals surface area (Å²) in [5, 5.41) is 1.04. The number of carbonyl (C=O) groups excluding carboxylic acids is 1. The number of ketones is 1. The second-order valence-electron chi connectivity index (χ2n) is 5.46. The molecule has 1 aromatic carbocycles. The molecule has 1 saturated heterocycles. The van der Waals surface area contributed by atoms with Crippen LogP contribution in [-0.2, 0) is 4.74 Å². The fourth-order valence-electron chi connectivity index (χ4n) is 2.77. The number of carbonyl (C=O) groups is 1. The molecule has 3 rings (SSSR count). The Morgan fingerprint density at radius 1 is 1.38 bits per heavy atom. The van der Waals surface area contributed by atoms with Crippen molar-refractivity contribution in [2.45, 2.75) is 38.2 Å². The molecule has 1 fully saturated rings. The normalized spacial score (nSPS) is 18.2. The summed E-state index contributed by atoms with van der Waals surface area (Å²) in [6.07, 6.45) is 5.00. The maximum Gasteiger partial charge on any atom is 0.182 e. The van der Waals surface area contributed by atoms with Gasteiger partial charge in [0.15, 0.2) is 5.78 Å². The summed E-state index contributed by atoms with van der Waals surface area (Å²) in [5.74, 6) is 0.102. The standard InChI is InChI=1S/C17H18BrNO2/c18-14-11-12-5-1-2-8-15(12)19-17(14)16(20)9-3-6-13-7-4-10-21-13/h1-2,5,8,11,13H,3-4,6-7,9-10H2. The van der Waals surface area contributed by atoms with Crippen LogP contribution in [-0.4, -0.2) is 23.5 Å². The van der Waals surface area contributed by atoms with Gasteiger partial charge in [-0.15, -0.1) is 0 Å². The lowest BCUT2D eigenvalue weighted by molar-refractivity contribution is 0.0919. The zero-order valence-corrected chi connectivity index (χ0v) is 13.4. The third kappa shape index (κ3) is 3.50. The van der Waals surface area contributed by atoms with Crippen molar-refractivity contribution in [3.05, 3.63) is 40.5 Å². The minimum atomic E-state index is 0.102. The average Bonchev–Trinajstić information content (AvgIpc) is 2.99. The van der Waals surface area contributed by atoms with Crippen LogP contribution in [0.3, 0.4) is 0 Å². The summed E-state index contributed by atoms with van der Waals surface area (Å²) < 4.78 is 6.37. The fraction of sp³-hybridized carbons (Fsp3) is 0.412. The van der Waals surface area contributed by atoms with E-state index in [0.29, 0.717) is 18.2 Å². The van der Waals surface area contributed by atoms with Gasteiger partial charge >= 0.3 is 0 Å². The van der Waals surface area contributed by atoms with Crippen LogP contribution in [0.25, 0.3) is 10.9 Å². The van der Waals surface area contributed by atoms with E-state index in [2.05, 4.69) is 20.9 Å². The Hall–Kier alpha value is -1.26. The molecule has 3 nitrogen and oxygen atoms in total. The van der Waals surface area contributed by atoms with Gasteiger partial charge in [-0.05, 0) is 53.7 Å². The molecule has 1 aromatic heterocycles. The number of benzene rings is 1. The van der Waals surface area contributed by atoms with E-state index < -0.39 is 0 Å². The van der Waals surface area contributed by atoms with Crippen LogP contribution in [0.1, 0.15) is 42.6 Å². The average molecular weight is 348 g/mol. The van der Waals surface area contributed by atoms with Gasteiger partial charge in [0.2, 0.25) is 0 Å². The number of para-hydroxylation sites is 1. The molecular formula is C17H18BrNO2. The quantitative estimate of drug-likeness (QED) is 0.746. The van der Waals surface area contributed by atoms with Crippen LogP contribution in [0.5, 0.6) is 0 Å². The summed E-state index contributed by atoms with van der Waals surface area (Å²) in [7, 11) is 0. The molecule has 110 valence electrons. The van der Waals surface area contributed by atoms with Crippen LogP contribution in [0.4, 0.5) is 0 Å². The molecule has 0 spiro atoms. The van der Waals surface area contributed by atoms with Crippen molar-refractivity contribution in [2.75, 3.05) is 6.61 Å². The first-order valence-electron chi connectivity index (χ1n) is 7.44. The van der Waals surface area contributed by atoms with Crippen molar-refractivity contribution in [3.63, 3.8) is 0 Å². The summed E-state index contributed by atoms with van der Waals surface area (Å²) in [6, 6.07) is 9.81. The molecular weight excluding hydrogens is 330 g/mol. The maximum atomic E-state index is 12.3. The Morgan fingerprint density at radius 3 is 3.05 bits per heavy atom. The number of nitrogens with zero attached hydrogens (tertiary/aromatic N) is 1. The van der Waals surface area contributed by atoms with Crippen molar-refractivity contribution in [1.29, 1.82) is 0 Å². The van der Waals surface area contributed by atoms with E-state index in [4.69, 9.17) is 4.74 Å². The monoisotopic (exact) mass is 347 g/mol. The molecule has 1 aliphatic rings. The third-order valence-electron chi connectivity index (χ3n) is 3.90. The number of ether oxygens (including phenoxy) is 1. The highest BCUT2D eigenvalue weighted by Gasteiger charge is 2.17. The molecule has 0 bridgehead atoms. The summed E-state index contributed by atoms with van der Waals surface area (Å²) in [4.78, 5) is 16.8. The van der Waals surface area contributed by atoms with Crippen molar-refractivity contribution in [1.82, 2.24) is 4.98 Å². The second kappa shape index (κ2) is 6.67. The van der Waals surface area contributed by atoms with Crippen molar-refractivity contribution in [3.8, 4) is 0 Å². The first kappa shape index (κ1) is 14.7. The Morgan fingerprint density at radius 2 is 2.24 bits per heavy atom. The van der Waals surface area contributed by atoms with Gasteiger partial charge in [-0.25, -0.2) is 4.98 Å². The fourth-order valence-corrected chi connectivity index (χ4v) is 3.32. The highest BCUT2D eigenvalue weighted by molar-refractivity contribution is 9.10. The smallest absolute Gasteiger partial charge is 0.182 e. The molecule has 21 heavy (non-hydrogen) atoms. The molecule has 2 aromatic rings. The molecule has 0 aliphatic carbocycles. The highest BCUT2D eigenvalue weighted by atomic mass is 79.9. The van der Waals surface area contributed by atoms with E-state index >= 15 is 0 Å². The molecule has 1 atom stereocenters. The predicted molar refractivity (Wildman–Crippen MR) is 86.6 cm³/mol. The maximum absolute atomic E-state index is 12.3. The van der Waals surface area contributed by atoms with Gasteiger partial charge in [-0.2, -0.15) is 0 Å². The van der Waals surface area contributed by atoms with E-state index in [9.17, 15) is 4.79 Å². The first-order chi connectivity index (χ1) is 10.2. The number of hydrogen-bond acceptors (Lipinski definition) is 3. The number of Topliss-reactive ketones (excluding diaryl/α,β-unsaturated/α-hetero) is 1. The lowest BCUT2D eigenvalue weighted by Gasteiger charge is -2.09. The molecule has 4 heteroatoms. The van der Waals surface area contributed by atoms with Crippen LogP contribution < -0.4 is 0 Å².